The summed E-state index contributed by atoms with van der Waals surface area (Å²) in [6, 6.07) is 35.2. The third-order valence-corrected chi connectivity index (χ3v) is 9.59. The van der Waals surface area contributed by atoms with Crippen LogP contribution in [0.4, 0.5) is 28.4 Å². The number of imidazole rings is 2. The van der Waals surface area contributed by atoms with Crippen LogP contribution in [0.5, 0.6) is 11.8 Å². The fourth-order valence-corrected chi connectivity index (χ4v) is 6.68. The van der Waals surface area contributed by atoms with Crippen molar-refractivity contribution in [2.45, 2.75) is 13.8 Å². The van der Waals surface area contributed by atoms with Crippen molar-refractivity contribution in [3.63, 3.8) is 0 Å². The molecule has 0 fully saturated rings. The maximum atomic E-state index is 11.2. The Morgan fingerprint density at radius 2 is 1.07 bits per heavy atom. The van der Waals surface area contributed by atoms with Gasteiger partial charge in [-0.25, -0.2) is 14.8 Å². The standard InChI is InChI=1S/C42H26N12O2/c1-23-29(22-43)39-45-32-8-4-6-10-34(32)53(39)41(55)37(23)51-47-27-16-12-25(13-17-27)30-20-21-31(50-49-30)26-14-18-28(19-15-26)48-52-38-24(2)36(44-3)40-46-33-9-5-7-11-35(33)54(40)42(38)56/h4-21,55-56H,1-2H3. The van der Waals surface area contributed by atoms with Gasteiger partial charge in [0.15, 0.2) is 11.3 Å². The summed E-state index contributed by atoms with van der Waals surface area (Å²) in [5.74, 6) is -0.291. The zero-order valence-electron chi connectivity index (χ0n) is 29.7. The summed E-state index contributed by atoms with van der Waals surface area (Å²) < 4.78 is 3.05. The molecule has 0 saturated heterocycles. The van der Waals surface area contributed by atoms with E-state index >= 15 is 0 Å². The number of nitrogens with zero attached hydrogens (tertiary/aromatic N) is 12. The van der Waals surface area contributed by atoms with Gasteiger partial charge in [0.2, 0.25) is 17.4 Å². The first-order chi connectivity index (χ1) is 27.3. The van der Waals surface area contributed by atoms with Crippen LogP contribution in [-0.2, 0) is 0 Å². The molecule has 0 aliphatic rings. The minimum atomic E-state index is -0.149. The van der Waals surface area contributed by atoms with Crippen LogP contribution in [0.2, 0.25) is 0 Å². The van der Waals surface area contributed by atoms with Crippen molar-refractivity contribution < 1.29 is 10.2 Å². The van der Waals surface area contributed by atoms with Crippen molar-refractivity contribution in [3.8, 4) is 40.3 Å². The molecule has 0 aliphatic heterocycles. The fourth-order valence-electron chi connectivity index (χ4n) is 6.68. The Bertz CT molecular complexity index is 2970. The predicted molar refractivity (Wildman–Crippen MR) is 210 cm³/mol. The molecule has 9 aromatic rings. The molecular weight excluding hydrogens is 705 g/mol. The van der Waals surface area contributed by atoms with Gasteiger partial charge in [0.05, 0.1) is 51.4 Å². The summed E-state index contributed by atoms with van der Waals surface area (Å²) in [5.41, 5.74) is 9.36. The molecular formula is C42H26N12O2. The van der Waals surface area contributed by atoms with Gasteiger partial charge in [-0.15, -0.1) is 20.4 Å². The van der Waals surface area contributed by atoms with E-state index in [1.807, 2.05) is 84.9 Å². The van der Waals surface area contributed by atoms with Crippen LogP contribution >= 0.6 is 0 Å². The van der Waals surface area contributed by atoms with E-state index < -0.39 is 0 Å². The third kappa shape index (κ3) is 5.41. The number of hydrogen-bond acceptors (Lipinski definition) is 11. The lowest BCUT2D eigenvalue weighted by Gasteiger charge is -2.09. The van der Waals surface area contributed by atoms with E-state index in [9.17, 15) is 15.5 Å². The number of aromatic hydroxyl groups is 2. The van der Waals surface area contributed by atoms with Gasteiger partial charge >= 0.3 is 0 Å². The first kappa shape index (κ1) is 33.5. The third-order valence-electron chi connectivity index (χ3n) is 9.59. The summed E-state index contributed by atoms with van der Waals surface area (Å²) in [4.78, 5) is 12.8. The lowest BCUT2D eigenvalue weighted by Crippen LogP contribution is -1.95. The average Bonchev–Trinajstić information content (AvgIpc) is 3.81. The molecule has 0 aliphatic carbocycles. The highest BCUT2D eigenvalue weighted by molar-refractivity contribution is 5.91. The van der Waals surface area contributed by atoms with E-state index in [4.69, 9.17) is 6.57 Å². The molecule has 5 heterocycles. The van der Waals surface area contributed by atoms with Crippen molar-refractivity contribution in [2.24, 2.45) is 20.5 Å². The number of para-hydroxylation sites is 4. The van der Waals surface area contributed by atoms with Crippen LogP contribution in [0.25, 0.3) is 60.7 Å². The summed E-state index contributed by atoms with van der Waals surface area (Å²) >= 11 is 0. The smallest absolute Gasteiger partial charge is 0.234 e. The van der Waals surface area contributed by atoms with Crippen LogP contribution < -0.4 is 0 Å². The van der Waals surface area contributed by atoms with Gasteiger partial charge < -0.3 is 10.2 Å². The Balaban J connectivity index is 0.925. The van der Waals surface area contributed by atoms with Gasteiger partial charge in [0, 0.05) is 16.7 Å². The highest BCUT2D eigenvalue weighted by atomic mass is 16.3. The van der Waals surface area contributed by atoms with Gasteiger partial charge in [-0.2, -0.15) is 15.5 Å². The highest BCUT2D eigenvalue weighted by Gasteiger charge is 2.22. The Kier molecular flexibility index (Phi) is 7.92. The van der Waals surface area contributed by atoms with Crippen molar-refractivity contribution in [3.05, 3.63) is 137 Å². The van der Waals surface area contributed by atoms with E-state index in [-0.39, 0.29) is 23.1 Å². The predicted octanol–water partition coefficient (Wildman–Crippen LogP) is 10.7. The van der Waals surface area contributed by atoms with E-state index in [1.165, 1.54) is 8.80 Å². The second kappa shape index (κ2) is 13.2. The van der Waals surface area contributed by atoms with E-state index in [0.29, 0.717) is 78.5 Å². The minimum Gasteiger partial charge on any atom is -0.493 e. The molecule has 14 heteroatoms. The highest BCUT2D eigenvalue weighted by Crippen LogP contribution is 2.42. The second-order valence-corrected chi connectivity index (χ2v) is 12.9. The van der Waals surface area contributed by atoms with Gasteiger partial charge in [-0.05, 0) is 80.1 Å². The molecule has 4 aromatic carbocycles. The minimum absolute atomic E-state index is 0.142. The summed E-state index contributed by atoms with van der Waals surface area (Å²) in [7, 11) is 0. The number of aromatic nitrogens is 6. The molecule has 0 amide bonds. The normalized spacial score (nSPS) is 11.7. The number of pyridine rings is 2. The molecule has 266 valence electrons. The molecule has 14 nitrogen and oxygen atoms in total. The largest absolute Gasteiger partial charge is 0.493 e. The van der Waals surface area contributed by atoms with Crippen molar-refractivity contribution in [1.82, 2.24) is 29.0 Å². The first-order valence-electron chi connectivity index (χ1n) is 17.3. The van der Waals surface area contributed by atoms with E-state index in [2.05, 4.69) is 51.5 Å². The van der Waals surface area contributed by atoms with Gasteiger partial charge in [0.1, 0.15) is 23.0 Å². The van der Waals surface area contributed by atoms with Crippen LogP contribution in [0, 0.1) is 31.8 Å². The van der Waals surface area contributed by atoms with E-state index in [0.717, 1.165) is 11.1 Å². The molecule has 2 N–H and O–H groups in total. The quantitative estimate of drug-likeness (QED) is 0.126. The SMILES string of the molecule is [C-]#[N+]c1c(C)c(N=Nc2ccc(-c3ccc(-c4ccc(N=Nc5c(C)c(C#N)c6nc7ccccc7n6c5O)cc4)nn3)cc2)c(O)n2c1nc1ccccc12. The maximum absolute atomic E-state index is 11.2. The lowest BCUT2D eigenvalue weighted by molar-refractivity contribution is 0.448. The number of benzene rings is 4. The molecule has 0 saturated carbocycles. The molecule has 0 spiro atoms. The monoisotopic (exact) mass is 730 g/mol. The first-order valence-corrected chi connectivity index (χ1v) is 17.3. The van der Waals surface area contributed by atoms with Gasteiger partial charge in [-0.3, -0.25) is 8.80 Å². The average molecular weight is 731 g/mol. The summed E-state index contributed by atoms with van der Waals surface area (Å²) in [5, 5.41) is 58.6. The molecule has 5 aromatic heterocycles. The summed E-state index contributed by atoms with van der Waals surface area (Å²) in [6.45, 7) is 11.2. The van der Waals surface area contributed by atoms with Crippen LogP contribution in [-0.4, -0.2) is 39.2 Å². The number of hydrogen-bond donors (Lipinski definition) is 2. The Morgan fingerprint density at radius 3 is 1.55 bits per heavy atom. The Labute approximate surface area is 317 Å². The molecule has 0 bridgehead atoms. The van der Waals surface area contributed by atoms with Crippen molar-refractivity contribution in [2.75, 3.05) is 0 Å². The Morgan fingerprint density at radius 1 is 0.607 bits per heavy atom. The van der Waals surface area contributed by atoms with Crippen LogP contribution in [0.15, 0.2) is 130 Å². The number of azo groups is 2. The molecule has 0 unspecified atom stereocenters. The van der Waals surface area contributed by atoms with Gasteiger partial charge in [-0.1, -0.05) is 48.5 Å². The molecule has 0 atom stereocenters. The zero-order chi connectivity index (χ0) is 38.5. The Hall–Kier alpha value is -8.36. The topological polar surface area (TPSA) is 178 Å². The number of rotatable bonds is 6. The lowest BCUT2D eigenvalue weighted by atomic mass is 10.1. The fraction of sp³-hybridized carbons (Fsp3) is 0.0476. The van der Waals surface area contributed by atoms with Crippen LogP contribution in [0.3, 0.4) is 0 Å². The van der Waals surface area contributed by atoms with Crippen molar-refractivity contribution >= 4 is 61.8 Å². The number of nitriles is 1. The molecule has 9 rings (SSSR count). The summed E-state index contributed by atoms with van der Waals surface area (Å²) in [6.07, 6.45) is 0. The zero-order valence-corrected chi connectivity index (χ0v) is 29.7. The second-order valence-electron chi connectivity index (χ2n) is 12.9. The van der Waals surface area contributed by atoms with Crippen molar-refractivity contribution in [1.29, 1.82) is 5.26 Å². The maximum Gasteiger partial charge on any atom is 0.234 e. The number of fused-ring (bicyclic) bond motifs is 6. The van der Waals surface area contributed by atoms with E-state index in [1.54, 1.807) is 38.1 Å². The van der Waals surface area contributed by atoms with Gasteiger partial charge in [0.25, 0.3) is 0 Å². The molecule has 56 heavy (non-hydrogen) atoms. The molecule has 0 radical (unpaired) electrons. The van der Waals surface area contributed by atoms with Crippen LogP contribution in [0.1, 0.15) is 16.7 Å².